The van der Waals surface area contributed by atoms with Gasteiger partial charge in [0.15, 0.2) is 5.60 Å². The first-order chi connectivity index (χ1) is 14.8. The average molecular weight is 450 g/mol. The highest BCUT2D eigenvalue weighted by atomic mass is 35.5. The number of urea groups is 1. The lowest BCUT2D eigenvalue weighted by atomic mass is 9.88. The lowest BCUT2D eigenvalue weighted by molar-refractivity contribution is -0.118. The van der Waals surface area contributed by atoms with Crippen LogP contribution in [0.2, 0.25) is 5.02 Å². The van der Waals surface area contributed by atoms with Crippen molar-refractivity contribution in [1.29, 1.82) is 0 Å². The Morgan fingerprint density at radius 3 is 2.74 bits per heavy atom. The van der Waals surface area contributed by atoms with Gasteiger partial charge in [-0.3, -0.25) is 4.79 Å². The first kappa shape index (κ1) is 21.4. The summed E-state index contributed by atoms with van der Waals surface area (Å²) in [5, 5.41) is 5.88. The van der Waals surface area contributed by atoms with E-state index >= 15 is 0 Å². The highest BCUT2D eigenvalue weighted by Gasteiger charge is 2.42. The van der Waals surface area contributed by atoms with Gasteiger partial charge in [0.1, 0.15) is 19.1 Å². The molecule has 2 aliphatic heterocycles. The SMILES string of the molecule is CN1C(=O)CCc2ccc(NC(=O)N[C@@H]3CC(CF)(CF)Oc4cc(Cl)ccc43)cc21. The van der Waals surface area contributed by atoms with Crippen LogP contribution in [0.4, 0.5) is 25.0 Å². The topological polar surface area (TPSA) is 70.7 Å². The van der Waals surface area contributed by atoms with Crippen molar-refractivity contribution in [2.24, 2.45) is 0 Å². The molecule has 0 aromatic heterocycles. The van der Waals surface area contributed by atoms with E-state index in [4.69, 9.17) is 16.3 Å². The molecule has 2 heterocycles. The molecular weight excluding hydrogens is 428 g/mol. The summed E-state index contributed by atoms with van der Waals surface area (Å²) in [6.07, 6.45) is 1.04. The minimum Gasteiger partial charge on any atom is -0.481 e. The number of halogens is 3. The van der Waals surface area contributed by atoms with Gasteiger partial charge in [0.05, 0.1) is 6.04 Å². The van der Waals surface area contributed by atoms with E-state index in [2.05, 4.69) is 10.6 Å². The Kier molecular flexibility index (Phi) is 5.75. The summed E-state index contributed by atoms with van der Waals surface area (Å²) in [4.78, 5) is 26.2. The van der Waals surface area contributed by atoms with Crippen molar-refractivity contribution in [3.05, 3.63) is 52.5 Å². The molecule has 6 nitrogen and oxygen atoms in total. The second-order valence-electron chi connectivity index (χ2n) is 7.89. The molecule has 1 atom stereocenters. The van der Waals surface area contributed by atoms with Crippen molar-refractivity contribution in [1.82, 2.24) is 5.32 Å². The molecular formula is C22H22ClF2N3O3. The number of ether oxygens (including phenoxy) is 1. The third-order valence-corrected chi connectivity index (χ3v) is 5.97. The van der Waals surface area contributed by atoms with E-state index in [1.807, 2.05) is 6.07 Å². The van der Waals surface area contributed by atoms with Crippen molar-refractivity contribution in [2.45, 2.75) is 30.9 Å². The normalized spacial score (nSPS) is 19.2. The predicted molar refractivity (Wildman–Crippen MR) is 114 cm³/mol. The van der Waals surface area contributed by atoms with Crippen molar-refractivity contribution in [3.8, 4) is 5.75 Å². The number of alkyl halides is 2. The van der Waals surface area contributed by atoms with Gasteiger partial charge in [-0.15, -0.1) is 0 Å². The van der Waals surface area contributed by atoms with Crippen molar-refractivity contribution < 1.29 is 23.1 Å². The predicted octanol–water partition coefficient (Wildman–Crippen LogP) is 4.57. The van der Waals surface area contributed by atoms with Crippen molar-refractivity contribution in [2.75, 3.05) is 30.6 Å². The molecule has 2 aliphatic rings. The smallest absolute Gasteiger partial charge is 0.319 e. The number of nitrogens with one attached hydrogen (secondary N) is 2. The number of anilines is 2. The quantitative estimate of drug-likeness (QED) is 0.718. The van der Waals surface area contributed by atoms with Crippen LogP contribution in [0.5, 0.6) is 5.75 Å². The molecule has 0 unspecified atom stereocenters. The number of carbonyl (C=O) groups excluding carboxylic acids is 2. The number of benzene rings is 2. The molecule has 164 valence electrons. The minimum absolute atomic E-state index is 0.0142. The van der Waals surface area contributed by atoms with Crippen molar-refractivity contribution >= 4 is 34.9 Å². The van der Waals surface area contributed by atoms with Gasteiger partial charge in [0.25, 0.3) is 0 Å². The fourth-order valence-corrected chi connectivity index (χ4v) is 4.17. The van der Waals surface area contributed by atoms with Crippen LogP contribution in [-0.4, -0.2) is 37.9 Å². The molecule has 0 aliphatic carbocycles. The van der Waals surface area contributed by atoms with E-state index in [0.717, 1.165) is 11.3 Å². The van der Waals surface area contributed by atoms with Gasteiger partial charge in [-0.25, -0.2) is 13.6 Å². The Morgan fingerprint density at radius 1 is 1.23 bits per heavy atom. The maximum Gasteiger partial charge on any atom is 0.319 e. The fraction of sp³-hybridized carbons (Fsp3) is 0.364. The summed E-state index contributed by atoms with van der Waals surface area (Å²) >= 11 is 6.00. The average Bonchev–Trinajstić information content (AvgIpc) is 2.76. The van der Waals surface area contributed by atoms with Crippen LogP contribution < -0.4 is 20.3 Å². The van der Waals surface area contributed by atoms with Crippen LogP contribution in [-0.2, 0) is 11.2 Å². The maximum absolute atomic E-state index is 13.7. The van der Waals surface area contributed by atoms with Crippen LogP contribution in [0.15, 0.2) is 36.4 Å². The van der Waals surface area contributed by atoms with E-state index in [-0.39, 0.29) is 18.1 Å². The van der Waals surface area contributed by atoms with Crippen LogP contribution >= 0.6 is 11.6 Å². The monoisotopic (exact) mass is 449 g/mol. The number of nitrogens with zero attached hydrogens (tertiary/aromatic N) is 1. The highest BCUT2D eigenvalue weighted by Crippen LogP contribution is 2.41. The van der Waals surface area contributed by atoms with E-state index in [9.17, 15) is 18.4 Å². The number of hydrogen-bond acceptors (Lipinski definition) is 3. The van der Waals surface area contributed by atoms with Gasteiger partial charge in [0.2, 0.25) is 5.91 Å². The summed E-state index contributed by atoms with van der Waals surface area (Å²) in [6.45, 7) is -2.08. The Hall–Kier alpha value is -2.87. The van der Waals surface area contributed by atoms with Gasteiger partial charge in [-0.05, 0) is 36.2 Å². The Labute approximate surface area is 183 Å². The summed E-state index contributed by atoms with van der Waals surface area (Å²) in [7, 11) is 1.70. The number of hydrogen-bond donors (Lipinski definition) is 2. The zero-order valence-electron chi connectivity index (χ0n) is 16.9. The van der Waals surface area contributed by atoms with Gasteiger partial charge in [0, 0.05) is 41.9 Å². The number of fused-ring (bicyclic) bond motifs is 2. The molecule has 31 heavy (non-hydrogen) atoms. The van der Waals surface area contributed by atoms with E-state index < -0.39 is 31.0 Å². The van der Waals surface area contributed by atoms with Gasteiger partial charge in [-0.2, -0.15) is 0 Å². The highest BCUT2D eigenvalue weighted by molar-refractivity contribution is 6.30. The molecule has 0 saturated heterocycles. The molecule has 4 rings (SSSR count). The summed E-state index contributed by atoms with van der Waals surface area (Å²) < 4.78 is 32.9. The molecule has 0 radical (unpaired) electrons. The number of rotatable bonds is 4. The third kappa shape index (κ3) is 4.17. The lowest BCUT2D eigenvalue weighted by Gasteiger charge is -2.39. The van der Waals surface area contributed by atoms with Gasteiger partial charge in [-0.1, -0.05) is 23.7 Å². The lowest BCUT2D eigenvalue weighted by Crippen LogP contribution is -2.49. The fourth-order valence-electron chi connectivity index (χ4n) is 4.00. The summed E-state index contributed by atoms with van der Waals surface area (Å²) in [6, 6.07) is 8.94. The zero-order valence-corrected chi connectivity index (χ0v) is 17.6. The molecule has 2 aromatic carbocycles. The molecule has 2 N–H and O–H groups in total. The third-order valence-electron chi connectivity index (χ3n) is 5.73. The van der Waals surface area contributed by atoms with Crippen LogP contribution in [0.3, 0.4) is 0 Å². The van der Waals surface area contributed by atoms with Crippen LogP contribution in [0.25, 0.3) is 0 Å². The number of carbonyl (C=O) groups is 2. The molecule has 0 spiro atoms. The van der Waals surface area contributed by atoms with E-state index in [1.54, 1.807) is 36.2 Å². The second kappa shape index (κ2) is 8.34. The zero-order chi connectivity index (χ0) is 22.2. The Bertz CT molecular complexity index is 1030. The first-order valence-electron chi connectivity index (χ1n) is 9.91. The second-order valence-corrected chi connectivity index (χ2v) is 8.32. The van der Waals surface area contributed by atoms with Gasteiger partial charge >= 0.3 is 6.03 Å². The summed E-state index contributed by atoms with van der Waals surface area (Å²) in [5.74, 6) is 0.258. The van der Waals surface area contributed by atoms with Crippen molar-refractivity contribution in [3.63, 3.8) is 0 Å². The molecule has 0 saturated carbocycles. The molecule has 9 heteroatoms. The molecule has 0 fully saturated rings. The van der Waals surface area contributed by atoms with E-state index in [0.29, 0.717) is 29.1 Å². The largest absolute Gasteiger partial charge is 0.481 e. The maximum atomic E-state index is 13.7. The van der Waals surface area contributed by atoms with Crippen LogP contribution in [0.1, 0.15) is 30.0 Å². The number of amides is 3. The Balaban J connectivity index is 1.54. The first-order valence-corrected chi connectivity index (χ1v) is 10.3. The Morgan fingerprint density at radius 2 is 2.00 bits per heavy atom. The molecule has 3 amide bonds. The minimum atomic E-state index is -1.68. The molecule has 2 aromatic rings. The van der Waals surface area contributed by atoms with E-state index in [1.165, 1.54) is 6.07 Å². The summed E-state index contributed by atoms with van der Waals surface area (Å²) in [5.41, 5.74) is 1.19. The standard InChI is InChI=1S/C22H22ClF2N3O3/c1-28-18-9-15(5-2-13(18)3-7-20(28)29)26-21(30)27-17-10-22(11-24,12-25)31-19-8-14(23)4-6-16(17)19/h2,4-6,8-9,17H,3,7,10-12H2,1H3,(H2,26,27,30)/t17-/m1/s1. The van der Waals surface area contributed by atoms with Crippen LogP contribution in [0, 0.1) is 0 Å². The van der Waals surface area contributed by atoms with Gasteiger partial charge < -0.3 is 20.3 Å². The molecule has 0 bridgehead atoms. The number of aryl methyl sites for hydroxylation is 1.